The maximum atomic E-state index is 14.1. The lowest BCUT2D eigenvalue weighted by molar-refractivity contribution is -0.147. The van der Waals surface area contributed by atoms with Crippen LogP contribution in [0.25, 0.3) is 10.8 Å². The molecule has 1 aliphatic rings. The minimum Gasteiger partial charge on any atom is -0.468 e. The summed E-state index contributed by atoms with van der Waals surface area (Å²) in [6, 6.07) is 20.1. The summed E-state index contributed by atoms with van der Waals surface area (Å²) in [6.45, 7) is 3.61. The molecule has 6 nitrogen and oxygen atoms in total. The van der Waals surface area contributed by atoms with Gasteiger partial charge in [-0.1, -0.05) is 54.1 Å². The van der Waals surface area contributed by atoms with Crippen molar-refractivity contribution in [1.29, 1.82) is 0 Å². The van der Waals surface area contributed by atoms with Crippen LogP contribution in [0.5, 0.6) is 0 Å². The molecule has 0 saturated carbocycles. The monoisotopic (exact) mass is 465 g/mol. The van der Waals surface area contributed by atoms with Crippen molar-refractivity contribution in [1.82, 2.24) is 5.32 Å². The van der Waals surface area contributed by atoms with Crippen LogP contribution in [0.2, 0.25) is 0 Å². The highest BCUT2D eigenvalue weighted by atomic mass is 32.2. The van der Waals surface area contributed by atoms with E-state index in [1.54, 1.807) is 19.1 Å². The Hall–Kier alpha value is -3.03. The standard InChI is InChI=1S/C26H27NO5S/c1-17-9-13-21(14-10-17)33(30)26(24(29)32-4)16-25(2,23(28)31-3)27-22(26)20-12-11-18-7-5-6-8-19(18)15-20/h5-15,22,27H,16H2,1-4H3/t22-,25-,26-,33-/m0/s1. The summed E-state index contributed by atoms with van der Waals surface area (Å²) in [4.78, 5) is 26.7. The van der Waals surface area contributed by atoms with Gasteiger partial charge in [-0.3, -0.25) is 19.1 Å². The number of methoxy groups -OCH3 is 2. The number of rotatable bonds is 5. The minimum atomic E-state index is -1.83. The SMILES string of the molecule is COC(=O)[C@]1(C)C[C@](C(=O)OC)([S@@](=O)c2ccc(C)cc2)[C@H](c2ccc3ccccc3c2)N1. The number of nitrogens with one attached hydrogen (secondary N) is 1. The van der Waals surface area contributed by atoms with Crippen LogP contribution in [0, 0.1) is 6.92 Å². The second kappa shape index (κ2) is 8.72. The van der Waals surface area contributed by atoms with E-state index in [-0.39, 0.29) is 6.42 Å². The minimum absolute atomic E-state index is 0.0443. The first kappa shape index (κ1) is 23.1. The number of hydrogen-bond acceptors (Lipinski definition) is 6. The van der Waals surface area contributed by atoms with E-state index < -0.39 is 39.1 Å². The second-order valence-corrected chi connectivity index (χ2v) is 10.4. The maximum Gasteiger partial charge on any atom is 0.327 e. The van der Waals surface area contributed by atoms with E-state index in [2.05, 4.69) is 5.32 Å². The van der Waals surface area contributed by atoms with Gasteiger partial charge in [-0.2, -0.15) is 0 Å². The van der Waals surface area contributed by atoms with E-state index in [0.29, 0.717) is 4.90 Å². The normalized spacial score (nSPS) is 25.5. The topological polar surface area (TPSA) is 81.7 Å². The van der Waals surface area contributed by atoms with Gasteiger partial charge in [0.1, 0.15) is 5.54 Å². The lowest BCUT2D eigenvalue weighted by atomic mass is 9.88. The molecule has 0 unspecified atom stereocenters. The number of fused-ring (bicyclic) bond motifs is 1. The van der Waals surface area contributed by atoms with E-state index in [9.17, 15) is 13.8 Å². The van der Waals surface area contributed by atoms with Gasteiger partial charge >= 0.3 is 11.9 Å². The summed E-state index contributed by atoms with van der Waals surface area (Å²) in [7, 11) is 0.751. The molecule has 0 spiro atoms. The van der Waals surface area contributed by atoms with Crippen LogP contribution in [0.15, 0.2) is 71.6 Å². The Morgan fingerprint density at radius 2 is 1.58 bits per heavy atom. The highest BCUT2D eigenvalue weighted by Crippen LogP contribution is 2.48. The quantitative estimate of drug-likeness (QED) is 0.577. The van der Waals surface area contributed by atoms with E-state index in [1.165, 1.54) is 14.2 Å². The smallest absolute Gasteiger partial charge is 0.327 e. The van der Waals surface area contributed by atoms with Crippen molar-refractivity contribution in [2.75, 3.05) is 14.2 Å². The second-order valence-electron chi connectivity index (χ2n) is 8.65. The molecule has 0 amide bonds. The zero-order valence-corrected chi connectivity index (χ0v) is 19.9. The summed E-state index contributed by atoms with van der Waals surface area (Å²) in [6.07, 6.45) is -0.0443. The average Bonchev–Trinajstić information content (AvgIpc) is 3.18. The van der Waals surface area contributed by atoms with Crippen LogP contribution in [-0.2, 0) is 29.9 Å². The molecule has 4 atom stereocenters. The molecule has 1 fully saturated rings. The van der Waals surface area contributed by atoms with Gasteiger partial charge in [0.05, 0.1) is 31.1 Å². The molecule has 7 heteroatoms. The van der Waals surface area contributed by atoms with Gasteiger partial charge in [0, 0.05) is 11.3 Å². The molecule has 33 heavy (non-hydrogen) atoms. The molecular formula is C26H27NO5S. The van der Waals surface area contributed by atoms with Crippen molar-refractivity contribution < 1.29 is 23.3 Å². The first-order valence-electron chi connectivity index (χ1n) is 10.7. The van der Waals surface area contributed by atoms with Gasteiger partial charge in [-0.05, 0) is 48.4 Å². The van der Waals surface area contributed by atoms with Crippen LogP contribution in [0.3, 0.4) is 0 Å². The van der Waals surface area contributed by atoms with E-state index >= 15 is 0 Å². The van der Waals surface area contributed by atoms with Crippen molar-refractivity contribution in [3.63, 3.8) is 0 Å². The van der Waals surface area contributed by atoms with Crippen molar-refractivity contribution in [3.05, 3.63) is 77.9 Å². The van der Waals surface area contributed by atoms with Crippen LogP contribution < -0.4 is 5.32 Å². The van der Waals surface area contributed by atoms with Crippen molar-refractivity contribution in [3.8, 4) is 0 Å². The summed E-state index contributed by atoms with van der Waals surface area (Å²) >= 11 is 0. The van der Waals surface area contributed by atoms with E-state index in [4.69, 9.17) is 9.47 Å². The summed E-state index contributed by atoms with van der Waals surface area (Å²) in [5, 5.41) is 5.31. The predicted octanol–water partition coefficient (Wildman–Crippen LogP) is 3.83. The lowest BCUT2D eigenvalue weighted by Crippen LogP contribution is -2.48. The van der Waals surface area contributed by atoms with Crippen LogP contribution in [-0.4, -0.2) is 40.7 Å². The Balaban J connectivity index is 1.94. The number of carbonyl (C=O) groups is 2. The zero-order chi connectivity index (χ0) is 23.8. The van der Waals surface area contributed by atoms with Crippen LogP contribution >= 0.6 is 0 Å². The Bertz CT molecular complexity index is 1240. The number of carbonyl (C=O) groups excluding carboxylic acids is 2. The molecule has 3 aromatic rings. The molecule has 0 aliphatic carbocycles. The number of hydrogen-bond donors (Lipinski definition) is 1. The molecule has 0 radical (unpaired) electrons. The van der Waals surface area contributed by atoms with Gasteiger partial charge in [-0.15, -0.1) is 0 Å². The van der Waals surface area contributed by atoms with Gasteiger partial charge in [0.2, 0.25) is 0 Å². The van der Waals surface area contributed by atoms with E-state index in [0.717, 1.165) is 21.9 Å². The third-order valence-electron chi connectivity index (χ3n) is 6.38. The van der Waals surface area contributed by atoms with Crippen molar-refractivity contribution in [2.24, 2.45) is 0 Å². The Morgan fingerprint density at radius 1 is 0.939 bits per heavy atom. The lowest BCUT2D eigenvalue weighted by Gasteiger charge is -2.31. The Morgan fingerprint density at radius 3 is 2.21 bits per heavy atom. The molecular weight excluding hydrogens is 438 g/mol. The number of aryl methyl sites for hydroxylation is 1. The molecule has 1 aliphatic heterocycles. The van der Waals surface area contributed by atoms with Gasteiger partial charge in [0.15, 0.2) is 4.75 Å². The molecule has 4 rings (SSSR count). The fraction of sp³-hybridized carbons (Fsp3) is 0.308. The third-order valence-corrected chi connectivity index (χ3v) is 8.29. The molecule has 0 bridgehead atoms. The fourth-order valence-electron chi connectivity index (χ4n) is 4.69. The van der Waals surface area contributed by atoms with Crippen LogP contribution in [0.4, 0.5) is 0 Å². The van der Waals surface area contributed by atoms with Crippen molar-refractivity contribution >= 4 is 33.5 Å². The Kier molecular flexibility index (Phi) is 6.12. The average molecular weight is 466 g/mol. The Labute approximate surface area is 195 Å². The summed E-state index contributed by atoms with van der Waals surface area (Å²) in [5.41, 5.74) is 0.518. The zero-order valence-electron chi connectivity index (χ0n) is 19.1. The van der Waals surface area contributed by atoms with Gasteiger partial charge in [-0.25, -0.2) is 0 Å². The molecule has 1 heterocycles. The maximum absolute atomic E-state index is 14.1. The molecule has 1 N–H and O–H groups in total. The first-order chi connectivity index (χ1) is 15.7. The molecule has 0 aromatic heterocycles. The number of ether oxygens (including phenoxy) is 2. The highest BCUT2D eigenvalue weighted by Gasteiger charge is 2.65. The van der Waals surface area contributed by atoms with Crippen molar-refractivity contribution in [2.45, 2.75) is 41.5 Å². The third kappa shape index (κ3) is 3.85. The molecule has 3 aromatic carbocycles. The molecule has 172 valence electrons. The van der Waals surface area contributed by atoms with Gasteiger partial charge in [0.25, 0.3) is 0 Å². The largest absolute Gasteiger partial charge is 0.468 e. The summed E-state index contributed by atoms with van der Waals surface area (Å²) < 4.78 is 22.9. The number of esters is 2. The summed E-state index contributed by atoms with van der Waals surface area (Å²) in [5.74, 6) is -1.17. The molecule has 1 saturated heterocycles. The van der Waals surface area contributed by atoms with E-state index in [1.807, 2.05) is 61.5 Å². The predicted molar refractivity (Wildman–Crippen MR) is 127 cm³/mol. The fourth-order valence-corrected chi connectivity index (χ4v) is 6.56. The first-order valence-corrected chi connectivity index (χ1v) is 11.8. The van der Waals surface area contributed by atoms with Crippen LogP contribution in [0.1, 0.15) is 30.5 Å². The highest BCUT2D eigenvalue weighted by molar-refractivity contribution is 7.87. The number of benzene rings is 3. The van der Waals surface area contributed by atoms with Gasteiger partial charge < -0.3 is 9.47 Å².